The van der Waals surface area contributed by atoms with Crippen molar-refractivity contribution in [3.05, 3.63) is 47.8 Å². The predicted molar refractivity (Wildman–Crippen MR) is 81.1 cm³/mol. The van der Waals surface area contributed by atoms with E-state index in [0.717, 1.165) is 0 Å². The van der Waals surface area contributed by atoms with Crippen LogP contribution in [0.2, 0.25) is 0 Å². The second kappa shape index (κ2) is 5.33. The van der Waals surface area contributed by atoms with Gasteiger partial charge in [0.05, 0.1) is 0 Å². The number of halogens is 1. The molecule has 1 aliphatic heterocycles. The summed E-state index contributed by atoms with van der Waals surface area (Å²) in [6.07, 6.45) is 4.77. The van der Waals surface area contributed by atoms with Crippen molar-refractivity contribution in [3.8, 4) is 0 Å². The zero-order valence-electron chi connectivity index (χ0n) is 12.6. The van der Waals surface area contributed by atoms with Crippen molar-refractivity contribution in [2.45, 2.75) is 32.7 Å². The molecular formula is C18H24FN. The molecule has 108 valence electrons. The van der Waals surface area contributed by atoms with E-state index in [-0.39, 0.29) is 5.82 Å². The first kappa shape index (κ1) is 13.8. The number of benzene rings is 1. The minimum Gasteiger partial charge on any atom is -0.300 e. The van der Waals surface area contributed by atoms with Gasteiger partial charge in [-0.15, -0.1) is 0 Å². The molecule has 0 aromatic heterocycles. The standard InChI is InChI=1S/C18H24FN/c1-12(2)20-10-15-5-4-13(3)18(17(15)11-20)14-6-8-16(19)9-7-14/h4-9,12-13,15,17-18H,10-11H2,1-3H3/t13-,15-,17+,18-/m0/s1. The van der Waals surface area contributed by atoms with Crippen molar-refractivity contribution in [1.29, 1.82) is 0 Å². The van der Waals surface area contributed by atoms with Crippen molar-refractivity contribution in [2.24, 2.45) is 17.8 Å². The SMILES string of the molecule is CC(C)N1C[C@H]2[C@H](c3ccc(F)cc3)[C@@H](C)C=C[C@H]2C1. The Kier molecular flexibility index (Phi) is 3.68. The van der Waals surface area contributed by atoms with Gasteiger partial charge in [-0.2, -0.15) is 0 Å². The first-order valence-electron chi connectivity index (χ1n) is 7.74. The highest BCUT2D eigenvalue weighted by Gasteiger charge is 2.41. The zero-order valence-corrected chi connectivity index (χ0v) is 12.6. The van der Waals surface area contributed by atoms with Crippen LogP contribution in [0, 0.1) is 23.6 Å². The van der Waals surface area contributed by atoms with Gasteiger partial charge in [-0.25, -0.2) is 4.39 Å². The van der Waals surface area contributed by atoms with E-state index >= 15 is 0 Å². The molecular weight excluding hydrogens is 249 g/mol. The third-order valence-corrected chi connectivity index (χ3v) is 5.12. The summed E-state index contributed by atoms with van der Waals surface area (Å²) < 4.78 is 13.2. The second-order valence-electron chi connectivity index (χ2n) is 6.70. The average molecular weight is 273 g/mol. The minimum absolute atomic E-state index is 0.139. The maximum atomic E-state index is 13.2. The number of likely N-dealkylation sites (tertiary alicyclic amines) is 1. The van der Waals surface area contributed by atoms with E-state index in [1.807, 2.05) is 12.1 Å². The maximum Gasteiger partial charge on any atom is 0.123 e. The number of hydrogen-bond donors (Lipinski definition) is 0. The second-order valence-corrected chi connectivity index (χ2v) is 6.70. The Morgan fingerprint density at radius 1 is 1.10 bits per heavy atom. The summed E-state index contributed by atoms with van der Waals surface area (Å²) in [5.41, 5.74) is 1.30. The molecule has 4 atom stereocenters. The molecule has 2 heteroatoms. The first-order valence-corrected chi connectivity index (χ1v) is 7.74. The molecule has 0 spiro atoms. The highest BCUT2D eigenvalue weighted by molar-refractivity contribution is 5.27. The number of hydrogen-bond acceptors (Lipinski definition) is 1. The van der Waals surface area contributed by atoms with E-state index < -0.39 is 0 Å². The summed E-state index contributed by atoms with van der Waals surface area (Å²) >= 11 is 0. The molecule has 20 heavy (non-hydrogen) atoms. The van der Waals surface area contributed by atoms with Crippen LogP contribution in [0.25, 0.3) is 0 Å². The lowest BCUT2D eigenvalue weighted by atomic mass is 9.69. The Morgan fingerprint density at radius 2 is 1.80 bits per heavy atom. The monoisotopic (exact) mass is 273 g/mol. The number of rotatable bonds is 2. The number of fused-ring (bicyclic) bond motifs is 1. The Bertz CT molecular complexity index is 491. The van der Waals surface area contributed by atoms with Gasteiger partial charge >= 0.3 is 0 Å². The summed E-state index contributed by atoms with van der Waals surface area (Å²) in [7, 11) is 0. The lowest BCUT2D eigenvalue weighted by Gasteiger charge is -2.34. The van der Waals surface area contributed by atoms with Crippen LogP contribution in [0.15, 0.2) is 36.4 Å². The van der Waals surface area contributed by atoms with Gasteiger partial charge in [-0.3, -0.25) is 0 Å². The summed E-state index contributed by atoms with van der Waals surface area (Å²) in [6.45, 7) is 9.18. The molecule has 1 heterocycles. The minimum atomic E-state index is -0.139. The van der Waals surface area contributed by atoms with Crippen LogP contribution in [0.1, 0.15) is 32.3 Å². The molecule has 1 fully saturated rings. The van der Waals surface area contributed by atoms with Crippen molar-refractivity contribution < 1.29 is 4.39 Å². The van der Waals surface area contributed by atoms with E-state index in [9.17, 15) is 4.39 Å². The van der Waals surface area contributed by atoms with Crippen LogP contribution >= 0.6 is 0 Å². The zero-order chi connectivity index (χ0) is 14.3. The molecule has 0 unspecified atom stereocenters. The average Bonchev–Trinajstić information content (AvgIpc) is 2.84. The van der Waals surface area contributed by atoms with Crippen LogP contribution in [-0.4, -0.2) is 24.0 Å². The van der Waals surface area contributed by atoms with Crippen LogP contribution in [0.3, 0.4) is 0 Å². The lowest BCUT2D eigenvalue weighted by Crippen LogP contribution is -2.30. The largest absolute Gasteiger partial charge is 0.300 e. The van der Waals surface area contributed by atoms with Gasteiger partial charge in [-0.05, 0) is 55.2 Å². The summed E-state index contributed by atoms with van der Waals surface area (Å²) in [4.78, 5) is 2.58. The topological polar surface area (TPSA) is 3.24 Å². The molecule has 1 aliphatic carbocycles. The normalized spacial score (nSPS) is 33.6. The van der Waals surface area contributed by atoms with Gasteiger partial charge in [0.1, 0.15) is 5.82 Å². The first-order chi connectivity index (χ1) is 9.56. The fraction of sp³-hybridized carbons (Fsp3) is 0.556. The van der Waals surface area contributed by atoms with Crippen LogP contribution < -0.4 is 0 Å². The van der Waals surface area contributed by atoms with Crippen LogP contribution in [0.4, 0.5) is 4.39 Å². The number of allylic oxidation sites excluding steroid dienone is 1. The molecule has 3 rings (SSSR count). The molecule has 0 saturated carbocycles. The quantitative estimate of drug-likeness (QED) is 0.734. The van der Waals surface area contributed by atoms with Crippen molar-refractivity contribution >= 4 is 0 Å². The molecule has 1 aromatic carbocycles. The Labute approximate surface area is 121 Å². The van der Waals surface area contributed by atoms with Gasteiger partial charge < -0.3 is 4.90 Å². The van der Waals surface area contributed by atoms with Gasteiger partial charge in [-0.1, -0.05) is 31.2 Å². The summed E-state index contributed by atoms with van der Waals surface area (Å²) in [5.74, 6) is 2.24. The highest BCUT2D eigenvalue weighted by atomic mass is 19.1. The predicted octanol–water partition coefficient (Wildman–Crippen LogP) is 4.07. The van der Waals surface area contributed by atoms with Gasteiger partial charge in [0.15, 0.2) is 0 Å². The van der Waals surface area contributed by atoms with Gasteiger partial charge in [0, 0.05) is 19.1 Å². The molecule has 1 aromatic rings. The van der Waals surface area contributed by atoms with Crippen molar-refractivity contribution in [2.75, 3.05) is 13.1 Å². The van der Waals surface area contributed by atoms with Gasteiger partial charge in [0.25, 0.3) is 0 Å². The summed E-state index contributed by atoms with van der Waals surface area (Å²) in [6, 6.07) is 7.77. The van der Waals surface area contributed by atoms with E-state index in [2.05, 4.69) is 37.8 Å². The molecule has 0 radical (unpaired) electrons. The van der Waals surface area contributed by atoms with E-state index in [4.69, 9.17) is 0 Å². The van der Waals surface area contributed by atoms with Gasteiger partial charge in [0.2, 0.25) is 0 Å². The highest BCUT2D eigenvalue weighted by Crippen LogP contribution is 2.45. The third-order valence-electron chi connectivity index (χ3n) is 5.12. The Hall–Kier alpha value is -1.15. The fourth-order valence-corrected chi connectivity index (χ4v) is 3.96. The molecule has 0 amide bonds. The molecule has 2 aliphatic rings. The van der Waals surface area contributed by atoms with E-state index in [1.165, 1.54) is 18.7 Å². The smallest absolute Gasteiger partial charge is 0.123 e. The fourth-order valence-electron chi connectivity index (χ4n) is 3.96. The van der Waals surface area contributed by atoms with E-state index in [0.29, 0.717) is 29.7 Å². The van der Waals surface area contributed by atoms with Crippen LogP contribution in [-0.2, 0) is 0 Å². The van der Waals surface area contributed by atoms with E-state index in [1.54, 1.807) is 12.1 Å². The maximum absolute atomic E-state index is 13.2. The summed E-state index contributed by atoms with van der Waals surface area (Å²) in [5, 5.41) is 0. The third kappa shape index (κ3) is 2.42. The Morgan fingerprint density at radius 3 is 2.45 bits per heavy atom. The van der Waals surface area contributed by atoms with Crippen LogP contribution in [0.5, 0.6) is 0 Å². The van der Waals surface area contributed by atoms with Crippen molar-refractivity contribution in [1.82, 2.24) is 4.90 Å². The Balaban J connectivity index is 1.89. The lowest BCUT2D eigenvalue weighted by molar-refractivity contribution is 0.251. The number of nitrogens with zero attached hydrogens (tertiary/aromatic N) is 1. The molecule has 0 bridgehead atoms. The molecule has 0 N–H and O–H groups in total. The molecule has 1 nitrogen and oxygen atoms in total. The molecule has 1 saturated heterocycles. The van der Waals surface area contributed by atoms with Crippen molar-refractivity contribution in [3.63, 3.8) is 0 Å².